The Labute approximate surface area is 170 Å². The van der Waals surface area contributed by atoms with Crippen LogP contribution < -0.4 is 15.2 Å². The minimum absolute atomic E-state index is 0.215. The van der Waals surface area contributed by atoms with Gasteiger partial charge in [-0.25, -0.2) is 5.43 Å². The Kier molecular flexibility index (Phi) is 5.84. The molecule has 2 amide bonds. The van der Waals surface area contributed by atoms with Crippen LogP contribution in [0.2, 0.25) is 0 Å². The van der Waals surface area contributed by atoms with Crippen LogP contribution in [0.15, 0.2) is 58.7 Å². The van der Waals surface area contributed by atoms with Gasteiger partial charge in [-0.3, -0.25) is 9.59 Å². The lowest BCUT2D eigenvalue weighted by Crippen LogP contribution is -2.29. The van der Waals surface area contributed by atoms with E-state index >= 15 is 0 Å². The van der Waals surface area contributed by atoms with Gasteiger partial charge in [0.15, 0.2) is 0 Å². The Morgan fingerprint density at radius 2 is 2.04 bits per heavy atom. The number of amides is 2. The molecule has 3 rings (SSSR count). The highest BCUT2D eigenvalue weighted by molar-refractivity contribution is 14.1. The molecule has 0 unspecified atom stereocenters. The first-order valence-electron chi connectivity index (χ1n) is 8.12. The van der Waals surface area contributed by atoms with E-state index in [4.69, 9.17) is 4.74 Å². The number of methoxy groups -OCH3 is 1. The van der Waals surface area contributed by atoms with E-state index in [0.717, 1.165) is 3.57 Å². The summed E-state index contributed by atoms with van der Waals surface area (Å²) in [5.41, 5.74) is 4.15. The van der Waals surface area contributed by atoms with Gasteiger partial charge < -0.3 is 4.74 Å². The molecule has 0 fully saturated rings. The number of nitrogens with zero attached hydrogens (tertiary/aromatic N) is 3. The molecule has 0 saturated carbocycles. The average molecular weight is 476 g/mol. The van der Waals surface area contributed by atoms with Gasteiger partial charge in [0.05, 0.1) is 22.1 Å². The molecular formula is C19H17IN4O3. The molecule has 1 N–H and O–H groups in total. The lowest BCUT2D eigenvalue weighted by molar-refractivity contribution is -0.118. The number of carbonyl (C=O) groups is 2. The predicted octanol–water partition coefficient (Wildman–Crippen LogP) is 3.05. The molecule has 0 aliphatic carbocycles. The van der Waals surface area contributed by atoms with Gasteiger partial charge in [-0.05, 0) is 59.8 Å². The molecule has 2 aromatic rings. The van der Waals surface area contributed by atoms with Crippen molar-refractivity contribution in [1.82, 2.24) is 5.43 Å². The van der Waals surface area contributed by atoms with E-state index in [1.807, 2.05) is 18.2 Å². The van der Waals surface area contributed by atoms with Gasteiger partial charge in [0.25, 0.3) is 11.8 Å². The standard InChI is InChI=1S/C19H17IN4O3/c1-12-15(19(26)24(23-12)14-6-4-3-5-7-14)11-21-22-18(25)13-8-9-16(20)17(10-13)27-2/h3-11,15H,1-2H3,(H,22,25)/t15-/m1/s1. The summed E-state index contributed by atoms with van der Waals surface area (Å²) in [5, 5.41) is 9.57. The zero-order chi connectivity index (χ0) is 19.4. The topological polar surface area (TPSA) is 83.4 Å². The minimum atomic E-state index is -0.614. The Morgan fingerprint density at radius 3 is 2.74 bits per heavy atom. The lowest BCUT2D eigenvalue weighted by Gasteiger charge is -2.12. The highest BCUT2D eigenvalue weighted by atomic mass is 127. The SMILES string of the molecule is COc1cc(C(=O)NN=C[C@H]2C(=O)N(c3ccccc3)N=C2C)ccc1I. The van der Waals surface area contributed by atoms with Crippen molar-refractivity contribution in [2.75, 3.05) is 12.1 Å². The van der Waals surface area contributed by atoms with E-state index in [1.165, 1.54) is 11.2 Å². The number of ether oxygens (including phenoxy) is 1. The number of hydrogen-bond donors (Lipinski definition) is 1. The number of halogens is 1. The van der Waals surface area contributed by atoms with E-state index in [-0.39, 0.29) is 11.8 Å². The fourth-order valence-corrected chi connectivity index (χ4v) is 3.10. The van der Waals surface area contributed by atoms with Crippen molar-refractivity contribution in [2.24, 2.45) is 16.1 Å². The second-order valence-corrected chi connectivity index (χ2v) is 6.94. The third kappa shape index (κ3) is 4.16. The molecule has 0 saturated heterocycles. The van der Waals surface area contributed by atoms with Crippen LogP contribution in [0.5, 0.6) is 5.75 Å². The van der Waals surface area contributed by atoms with Gasteiger partial charge >= 0.3 is 0 Å². The summed E-state index contributed by atoms with van der Waals surface area (Å²) in [6, 6.07) is 14.3. The number of carbonyl (C=O) groups excluding carboxylic acids is 2. The first-order valence-corrected chi connectivity index (χ1v) is 9.20. The van der Waals surface area contributed by atoms with Gasteiger partial charge in [-0.15, -0.1) is 0 Å². The highest BCUT2D eigenvalue weighted by Gasteiger charge is 2.33. The second kappa shape index (κ2) is 8.30. The minimum Gasteiger partial charge on any atom is -0.496 e. The maximum Gasteiger partial charge on any atom is 0.271 e. The molecule has 138 valence electrons. The van der Waals surface area contributed by atoms with Crippen molar-refractivity contribution in [2.45, 2.75) is 6.92 Å². The summed E-state index contributed by atoms with van der Waals surface area (Å²) in [7, 11) is 1.55. The molecule has 1 aliphatic heterocycles. The third-order valence-corrected chi connectivity index (χ3v) is 4.88. The lowest BCUT2D eigenvalue weighted by atomic mass is 10.1. The Morgan fingerprint density at radius 1 is 1.30 bits per heavy atom. The molecule has 0 radical (unpaired) electrons. The Hall–Kier alpha value is -2.75. The summed E-state index contributed by atoms with van der Waals surface area (Å²) < 4.78 is 6.11. The van der Waals surface area contributed by atoms with Crippen LogP contribution in [0.1, 0.15) is 17.3 Å². The van der Waals surface area contributed by atoms with Gasteiger partial charge in [0, 0.05) is 11.8 Å². The molecule has 1 aliphatic rings. The third-order valence-electron chi connectivity index (χ3n) is 3.99. The van der Waals surface area contributed by atoms with Crippen molar-refractivity contribution < 1.29 is 14.3 Å². The van der Waals surface area contributed by atoms with Crippen LogP contribution >= 0.6 is 22.6 Å². The van der Waals surface area contributed by atoms with Crippen molar-refractivity contribution in [3.8, 4) is 5.75 Å². The van der Waals surface area contributed by atoms with Crippen LogP contribution in [-0.2, 0) is 4.79 Å². The largest absolute Gasteiger partial charge is 0.496 e. The molecule has 8 heteroatoms. The van der Waals surface area contributed by atoms with Crippen molar-refractivity contribution in [3.63, 3.8) is 0 Å². The van der Waals surface area contributed by atoms with E-state index in [9.17, 15) is 9.59 Å². The maximum absolute atomic E-state index is 12.6. The maximum atomic E-state index is 12.6. The Bertz CT molecular complexity index is 928. The zero-order valence-corrected chi connectivity index (χ0v) is 16.9. The van der Waals surface area contributed by atoms with Gasteiger partial charge in [0.1, 0.15) is 11.7 Å². The van der Waals surface area contributed by atoms with E-state index in [0.29, 0.717) is 22.7 Å². The Balaban J connectivity index is 1.67. The predicted molar refractivity (Wildman–Crippen MR) is 112 cm³/mol. The van der Waals surface area contributed by atoms with Crippen LogP contribution in [0, 0.1) is 9.49 Å². The normalized spacial score (nSPS) is 16.6. The van der Waals surface area contributed by atoms with E-state index < -0.39 is 5.92 Å². The number of hydrazone groups is 2. The molecule has 7 nitrogen and oxygen atoms in total. The second-order valence-electron chi connectivity index (χ2n) is 5.77. The van der Waals surface area contributed by atoms with Crippen LogP contribution in [0.3, 0.4) is 0 Å². The molecular weight excluding hydrogens is 459 g/mol. The molecule has 0 bridgehead atoms. The first kappa shape index (κ1) is 19.0. The van der Waals surface area contributed by atoms with E-state index in [2.05, 4.69) is 38.2 Å². The van der Waals surface area contributed by atoms with Crippen molar-refractivity contribution >= 4 is 52.0 Å². The van der Waals surface area contributed by atoms with Crippen molar-refractivity contribution in [1.29, 1.82) is 0 Å². The molecule has 27 heavy (non-hydrogen) atoms. The van der Waals surface area contributed by atoms with Gasteiger partial charge in [0.2, 0.25) is 0 Å². The average Bonchev–Trinajstić information content (AvgIpc) is 2.97. The number of hydrogen-bond acceptors (Lipinski definition) is 5. The van der Waals surface area contributed by atoms with Crippen molar-refractivity contribution in [3.05, 3.63) is 57.7 Å². The number of nitrogens with one attached hydrogen (secondary N) is 1. The number of anilines is 1. The summed E-state index contributed by atoms with van der Waals surface area (Å²) >= 11 is 2.12. The molecule has 0 aromatic heterocycles. The van der Waals surface area contributed by atoms with Gasteiger partial charge in [-0.1, -0.05) is 18.2 Å². The number of rotatable bonds is 5. The van der Waals surface area contributed by atoms with Gasteiger partial charge in [-0.2, -0.15) is 15.2 Å². The van der Waals surface area contributed by atoms with Crippen LogP contribution in [-0.4, -0.2) is 30.9 Å². The summed E-state index contributed by atoms with van der Waals surface area (Å²) in [4.78, 5) is 24.8. The summed E-state index contributed by atoms with van der Waals surface area (Å²) in [6.45, 7) is 1.75. The number of para-hydroxylation sites is 1. The fourth-order valence-electron chi connectivity index (χ4n) is 2.54. The summed E-state index contributed by atoms with van der Waals surface area (Å²) in [5.74, 6) is -0.606. The molecule has 1 atom stereocenters. The first-order chi connectivity index (χ1) is 13.0. The summed E-state index contributed by atoms with van der Waals surface area (Å²) in [6.07, 6.45) is 1.39. The zero-order valence-electron chi connectivity index (χ0n) is 14.7. The van der Waals surface area contributed by atoms with Crippen LogP contribution in [0.4, 0.5) is 5.69 Å². The molecule has 1 heterocycles. The quantitative estimate of drug-likeness (QED) is 0.409. The highest BCUT2D eigenvalue weighted by Crippen LogP contribution is 2.23. The number of benzene rings is 2. The monoisotopic (exact) mass is 476 g/mol. The van der Waals surface area contributed by atoms with Crippen LogP contribution in [0.25, 0.3) is 0 Å². The molecule has 2 aromatic carbocycles. The smallest absolute Gasteiger partial charge is 0.271 e. The van der Waals surface area contributed by atoms with E-state index in [1.54, 1.807) is 44.4 Å². The fraction of sp³-hybridized carbons (Fsp3) is 0.158. The molecule has 0 spiro atoms.